The Morgan fingerprint density at radius 2 is 2.04 bits per heavy atom. The molecule has 1 atom stereocenters. The van der Waals surface area contributed by atoms with Gasteiger partial charge in [0.05, 0.1) is 11.3 Å². The molecule has 2 amide bonds. The average molecular weight is 382 g/mol. The van der Waals surface area contributed by atoms with Crippen molar-refractivity contribution in [3.8, 4) is 0 Å². The molecule has 2 aromatic rings. The Hall–Kier alpha value is -2.90. The molecule has 0 saturated carbocycles. The minimum absolute atomic E-state index is 0.0230. The number of likely N-dealkylation sites (tertiary alicyclic amines) is 1. The summed E-state index contributed by atoms with van der Waals surface area (Å²) in [6.45, 7) is 5.01. The van der Waals surface area contributed by atoms with Crippen LogP contribution in [0.4, 0.5) is 0 Å². The first-order chi connectivity index (χ1) is 13.3. The third-order valence-corrected chi connectivity index (χ3v) is 4.96. The third-order valence-electron chi connectivity index (χ3n) is 4.96. The van der Waals surface area contributed by atoms with Crippen LogP contribution in [0.1, 0.15) is 50.9 Å². The maximum Gasteiger partial charge on any atom is 0.272 e. The van der Waals surface area contributed by atoms with E-state index >= 15 is 0 Å². The summed E-state index contributed by atoms with van der Waals surface area (Å²) >= 11 is 0. The first kappa shape index (κ1) is 19.9. The highest BCUT2D eigenvalue weighted by molar-refractivity contribution is 5.95. The van der Waals surface area contributed by atoms with Gasteiger partial charge in [-0.1, -0.05) is 0 Å². The van der Waals surface area contributed by atoms with Gasteiger partial charge in [0.25, 0.3) is 11.8 Å². The average Bonchev–Trinajstić information content (AvgIpc) is 2.67. The number of carbonyl (C=O) groups is 2. The number of amides is 2. The minimum atomic E-state index is -0.133. The van der Waals surface area contributed by atoms with Crippen molar-refractivity contribution in [1.82, 2.24) is 29.7 Å². The Bertz CT molecular complexity index is 883. The topological polar surface area (TPSA) is 92.2 Å². The molecule has 0 radical (unpaired) electrons. The molecule has 0 aromatic carbocycles. The van der Waals surface area contributed by atoms with Crippen molar-refractivity contribution in [3.63, 3.8) is 0 Å². The first-order valence-electron chi connectivity index (χ1n) is 9.47. The lowest BCUT2D eigenvalue weighted by Crippen LogP contribution is -2.41. The van der Waals surface area contributed by atoms with Crippen molar-refractivity contribution in [2.24, 2.45) is 5.92 Å². The Morgan fingerprint density at radius 1 is 1.25 bits per heavy atom. The molecule has 8 nitrogen and oxygen atoms in total. The Kier molecular flexibility index (Phi) is 5.96. The lowest BCUT2D eigenvalue weighted by molar-refractivity contribution is 0.0671. The second-order valence-electron chi connectivity index (χ2n) is 7.48. The van der Waals surface area contributed by atoms with Gasteiger partial charge in [-0.05, 0) is 45.1 Å². The van der Waals surface area contributed by atoms with E-state index in [4.69, 9.17) is 0 Å². The molecular weight excluding hydrogens is 356 g/mol. The predicted molar refractivity (Wildman–Crippen MR) is 104 cm³/mol. The van der Waals surface area contributed by atoms with E-state index in [0.717, 1.165) is 25.1 Å². The van der Waals surface area contributed by atoms with Crippen molar-refractivity contribution in [2.75, 3.05) is 27.2 Å². The number of hydrogen-bond acceptors (Lipinski definition) is 6. The molecular formula is C20H26N6O2. The van der Waals surface area contributed by atoms with Gasteiger partial charge in [0.2, 0.25) is 0 Å². The van der Waals surface area contributed by atoms with Crippen LogP contribution in [0.5, 0.6) is 0 Å². The number of aryl methyl sites for hydroxylation is 2. The maximum atomic E-state index is 12.9. The summed E-state index contributed by atoms with van der Waals surface area (Å²) in [7, 11) is 3.42. The number of carbonyl (C=O) groups excluding carboxylic acids is 2. The molecule has 3 rings (SSSR count). The molecule has 0 N–H and O–H groups in total. The van der Waals surface area contributed by atoms with Gasteiger partial charge in [0.15, 0.2) is 0 Å². The van der Waals surface area contributed by atoms with E-state index in [2.05, 4.69) is 19.9 Å². The summed E-state index contributed by atoms with van der Waals surface area (Å²) in [6, 6.07) is 1.77. The molecule has 148 valence electrons. The van der Waals surface area contributed by atoms with Gasteiger partial charge in [-0.2, -0.15) is 0 Å². The Labute approximate surface area is 165 Å². The van der Waals surface area contributed by atoms with E-state index in [1.165, 1.54) is 11.2 Å². The summed E-state index contributed by atoms with van der Waals surface area (Å²) < 4.78 is 0. The van der Waals surface area contributed by atoms with E-state index in [-0.39, 0.29) is 11.8 Å². The number of rotatable bonds is 4. The Morgan fingerprint density at radius 3 is 2.75 bits per heavy atom. The second-order valence-corrected chi connectivity index (χ2v) is 7.48. The number of piperidine rings is 1. The van der Waals surface area contributed by atoms with Crippen LogP contribution in [0.3, 0.4) is 0 Å². The lowest BCUT2D eigenvalue weighted by atomic mass is 9.92. The zero-order chi connectivity index (χ0) is 20.3. The maximum absolute atomic E-state index is 12.9. The molecule has 3 heterocycles. The van der Waals surface area contributed by atoms with Gasteiger partial charge in [0.1, 0.15) is 17.8 Å². The number of hydrogen-bond donors (Lipinski definition) is 0. The van der Waals surface area contributed by atoms with Crippen LogP contribution in [-0.2, 0) is 6.42 Å². The normalized spacial score (nSPS) is 16.7. The van der Waals surface area contributed by atoms with E-state index < -0.39 is 0 Å². The highest BCUT2D eigenvalue weighted by Gasteiger charge is 2.26. The van der Waals surface area contributed by atoms with E-state index in [1.807, 2.05) is 11.8 Å². The summed E-state index contributed by atoms with van der Waals surface area (Å²) in [5, 5.41) is 0. The van der Waals surface area contributed by atoms with Gasteiger partial charge >= 0.3 is 0 Å². The fraction of sp³-hybridized carbons (Fsp3) is 0.500. The van der Waals surface area contributed by atoms with Gasteiger partial charge in [0, 0.05) is 39.1 Å². The Balaban J connectivity index is 1.73. The molecule has 0 aliphatic carbocycles. The predicted octanol–water partition coefficient (Wildman–Crippen LogP) is 1.68. The van der Waals surface area contributed by atoms with Crippen LogP contribution >= 0.6 is 0 Å². The molecule has 1 saturated heterocycles. The summed E-state index contributed by atoms with van der Waals surface area (Å²) in [5.74, 6) is 0.722. The zero-order valence-electron chi connectivity index (χ0n) is 16.8. The minimum Gasteiger partial charge on any atom is -0.343 e. The quantitative estimate of drug-likeness (QED) is 0.799. The van der Waals surface area contributed by atoms with Crippen LogP contribution in [0.25, 0.3) is 0 Å². The SMILES string of the molecule is Cc1nc(CC2CCCN(C(=O)c3cncnc3C)C2)cc(C(=O)N(C)C)n1. The van der Waals surface area contributed by atoms with Crippen LogP contribution in [0.15, 0.2) is 18.6 Å². The van der Waals surface area contributed by atoms with Crippen molar-refractivity contribution >= 4 is 11.8 Å². The smallest absolute Gasteiger partial charge is 0.272 e. The van der Waals surface area contributed by atoms with E-state index in [9.17, 15) is 9.59 Å². The van der Waals surface area contributed by atoms with E-state index in [1.54, 1.807) is 33.3 Å². The van der Waals surface area contributed by atoms with E-state index in [0.29, 0.717) is 41.7 Å². The fourth-order valence-corrected chi connectivity index (χ4v) is 3.56. The van der Waals surface area contributed by atoms with Crippen molar-refractivity contribution in [2.45, 2.75) is 33.1 Å². The molecule has 28 heavy (non-hydrogen) atoms. The first-order valence-corrected chi connectivity index (χ1v) is 9.47. The van der Waals surface area contributed by atoms with Crippen LogP contribution in [0, 0.1) is 19.8 Å². The molecule has 1 aliphatic heterocycles. The van der Waals surface area contributed by atoms with Crippen LogP contribution < -0.4 is 0 Å². The highest BCUT2D eigenvalue weighted by atomic mass is 16.2. The molecule has 0 bridgehead atoms. The largest absolute Gasteiger partial charge is 0.343 e. The van der Waals surface area contributed by atoms with Gasteiger partial charge in [-0.15, -0.1) is 0 Å². The fourth-order valence-electron chi connectivity index (χ4n) is 3.56. The second kappa shape index (κ2) is 8.41. The summed E-state index contributed by atoms with van der Waals surface area (Å²) in [4.78, 5) is 45.4. The summed E-state index contributed by atoms with van der Waals surface area (Å²) in [5.41, 5.74) is 2.50. The molecule has 1 aliphatic rings. The standard InChI is InChI=1S/C20H26N6O2/c1-13-17(10-21-12-22-13)19(27)26-7-5-6-15(11-26)8-16-9-18(20(28)25(3)4)24-14(2)23-16/h9-10,12,15H,5-8,11H2,1-4H3. The third kappa shape index (κ3) is 4.49. The van der Waals surface area contributed by atoms with Crippen molar-refractivity contribution in [3.05, 3.63) is 47.1 Å². The zero-order valence-corrected chi connectivity index (χ0v) is 16.8. The van der Waals surface area contributed by atoms with Crippen LogP contribution in [-0.4, -0.2) is 68.7 Å². The van der Waals surface area contributed by atoms with Gasteiger partial charge in [-0.3, -0.25) is 9.59 Å². The molecule has 2 aromatic heterocycles. The highest BCUT2D eigenvalue weighted by Crippen LogP contribution is 2.22. The van der Waals surface area contributed by atoms with Crippen molar-refractivity contribution < 1.29 is 9.59 Å². The molecule has 1 unspecified atom stereocenters. The van der Waals surface area contributed by atoms with Gasteiger partial charge < -0.3 is 9.80 Å². The summed E-state index contributed by atoms with van der Waals surface area (Å²) in [6.07, 6.45) is 5.71. The lowest BCUT2D eigenvalue weighted by Gasteiger charge is -2.33. The monoisotopic (exact) mass is 382 g/mol. The number of aromatic nitrogens is 4. The molecule has 1 fully saturated rings. The van der Waals surface area contributed by atoms with Crippen LogP contribution in [0.2, 0.25) is 0 Å². The number of nitrogens with zero attached hydrogens (tertiary/aromatic N) is 6. The molecule has 0 spiro atoms. The van der Waals surface area contributed by atoms with Gasteiger partial charge in [-0.25, -0.2) is 19.9 Å². The molecule has 8 heteroatoms. The van der Waals surface area contributed by atoms with Crippen molar-refractivity contribution in [1.29, 1.82) is 0 Å².